The van der Waals surface area contributed by atoms with Crippen molar-refractivity contribution in [3.63, 3.8) is 0 Å². The summed E-state index contributed by atoms with van der Waals surface area (Å²) in [4.78, 5) is 0. The SMILES string of the molecule is Cc1ccc(F)cc1CC1CCC(O)C1. The molecule has 2 atom stereocenters. The highest BCUT2D eigenvalue weighted by molar-refractivity contribution is 5.27. The summed E-state index contributed by atoms with van der Waals surface area (Å²) >= 11 is 0. The maximum absolute atomic E-state index is 13.0. The summed E-state index contributed by atoms with van der Waals surface area (Å²) in [5.41, 5.74) is 2.24. The molecule has 1 nitrogen and oxygen atoms in total. The molecule has 1 fully saturated rings. The topological polar surface area (TPSA) is 20.2 Å². The summed E-state index contributed by atoms with van der Waals surface area (Å²) in [5.74, 6) is 0.370. The number of hydrogen-bond donors (Lipinski definition) is 1. The van der Waals surface area contributed by atoms with Crippen LogP contribution < -0.4 is 0 Å². The Morgan fingerprint density at radius 1 is 1.40 bits per heavy atom. The van der Waals surface area contributed by atoms with Crippen LogP contribution in [0.4, 0.5) is 4.39 Å². The standard InChI is InChI=1S/C13H17FO/c1-9-2-4-12(14)8-11(9)6-10-3-5-13(15)7-10/h2,4,8,10,13,15H,3,5-7H2,1H3. The minimum Gasteiger partial charge on any atom is -0.393 e. The first kappa shape index (κ1) is 10.6. The van der Waals surface area contributed by atoms with E-state index in [0.717, 1.165) is 36.8 Å². The molecule has 2 unspecified atom stereocenters. The quantitative estimate of drug-likeness (QED) is 0.792. The molecule has 15 heavy (non-hydrogen) atoms. The van der Waals surface area contributed by atoms with E-state index in [9.17, 15) is 9.50 Å². The molecular weight excluding hydrogens is 191 g/mol. The van der Waals surface area contributed by atoms with E-state index in [4.69, 9.17) is 0 Å². The Bertz CT molecular complexity index is 348. The molecule has 0 spiro atoms. The van der Waals surface area contributed by atoms with E-state index in [-0.39, 0.29) is 11.9 Å². The summed E-state index contributed by atoms with van der Waals surface area (Å²) in [5, 5.41) is 9.43. The van der Waals surface area contributed by atoms with Gasteiger partial charge in [0, 0.05) is 0 Å². The Labute approximate surface area is 89.9 Å². The van der Waals surface area contributed by atoms with Gasteiger partial charge < -0.3 is 5.11 Å². The van der Waals surface area contributed by atoms with Gasteiger partial charge in [-0.05, 0) is 61.8 Å². The zero-order chi connectivity index (χ0) is 10.8. The molecule has 0 saturated heterocycles. The molecule has 82 valence electrons. The molecule has 1 aromatic rings. The lowest BCUT2D eigenvalue weighted by Crippen LogP contribution is -2.04. The number of halogens is 1. The second kappa shape index (κ2) is 4.31. The van der Waals surface area contributed by atoms with Crippen molar-refractivity contribution in [2.45, 2.75) is 38.7 Å². The average molecular weight is 208 g/mol. The Morgan fingerprint density at radius 2 is 2.20 bits per heavy atom. The van der Waals surface area contributed by atoms with Crippen LogP contribution in [0, 0.1) is 18.7 Å². The van der Waals surface area contributed by atoms with Crippen LogP contribution in [0.5, 0.6) is 0 Å². The van der Waals surface area contributed by atoms with Crippen molar-refractivity contribution in [1.82, 2.24) is 0 Å². The predicted octanol–water partition coefficient (Wildman–Crippen LogP) is 2.84. The van der Waals surface area contributed by atoms with Gasteiger partial charge in [-0.1, -0.05) is 6.07 Å². The lowest BCUT2D eigenvalue weighted by Gasteiger charge is -2.11. The third-order valence-electron chi connectivity index (χ3n) is 3.33. The van der Waals surface area contributed by atoms with Crippen LogP contribution in [0.15, 0.2) is 18.2 Å². The molecule has 1 aromatic carbocycles. The number of aryl methyl sites for hydroxylation is 1. The van der Waals surface area contributed by atoms with Crippen molar-refractivity contribution in [2.75, 3.05) is 0 Å². The first-order chi connectivity index (χ1) is 7.15. The molecule has 0 aromatic heterocycles. The normalized spacial score (nSPS) is 25.8. The van der Waals surface area contributed by atoms with Crippen molar-refractivity contribution in [1.29, 1.82) is 0 Å². The molecule has 1 aliphatic rings. The van der Waals surface area contributed by atoms with Crippen molar-refractivity contribution >= 4 is 0 Å². The average Bonchev–Trinajstić information content (AvgIpc) is 2.58. The minimum absolute atomic E-state index is 0.135. The van der Waals surface area contributed by atoms with Gasteiger partial charge in [0.25, 0.3) is 0 Å². The summed E-state index contributed by atoms with van der Waals surface area (Å²) in [6.07, 6.45) is 3.61. The summed E-state index contributed by atoms with van der Waals surface area (Å²) < 4.78 is 13.0. The third-order valence-corrected chi connectivity index (χ3v) is 3.33. The first-order valence-electron chi connectivity index (χ1n) is 5.58. The van der Waals surface area contributed by atoms with Gasteiger partial charge in [-0.25, -0.2) is 4.39 Å². The van der Waals surface area contributed by atoms with Crippen LogP contribution in [0.1, 0.15) is 30.4 Å². The summed E-state index contributed by atoms with van der Waals surface area (Å²) in [7, 11) is 0. The van der Waals surface area contributed by atoms with E-state index in [1.807, 2.05) is 13.0 Å². The van der Waals surface area contributed by atoms with Crippen LogP contribution >= 0.6 is 0 Å². The molecule has 0 amide bonds. The summed E-state index contributed by atoms with van der Waals surface area (Å²) in [6, 6.07) is 4.96. The lowest BCUT2D eigenvalue weighted by atomic mass is 9.95. The smallest absolute Gasteiger partial charge is 0.123 e. The maximum Gasteiger partial charge on any atom is 0.123 e. The molecule has 0 bridgehead atoms. The second-order valence-electron chi connectivity index (χ2n) is 4.61. The molecule has 1 saturated carbocycles. The number of aliphatic hydroxyl groups is 1. The van der Waals surface area contributed by atoms with Crippen molar-refractivity contribution < 1.29 is 9.50 Å². The number of hydrogen-bond acceptors (Lipinski definition) is 1. The van der Waals surface area contributed by atoms with Gasteiger partial charge in [-0.15, -0.1) is 0 Å². The molecular formula is C13H17FO. The molecule has 0 radical (unpaired) electrons. The zero-order valence-corrected chi connectivity index (χ0v) is 9.04. The first-order valence-corrected chi connectivity index (χ1v) is 5.58. The third kappa shape index (κ3) is 2.57. The van der Waals surface area contributed by atoms with Gasteiger partial charge >= 0.3 is 0 Å². The van der Waals surface area contributed by atoms with E-state index in [1.54, 1.807) is 6.07 Å². The second-order valence-corrected chi connectivity index (χ2v) is 4.61. The molecule has 1 N–H and O–H groups in total. The highest BCUT2D eigenvalue weighted by Gasteiger charge is 2.23. The fourth-order valence-electron chi connectivity index (χ4n) is 2.40. The Morgan fingerprint density at radius 3 is 2.87 bits per heavy atom. The van der Waals surface area contributed by atoms with Gasteiger partial charge in [0.1, 0.15) is 5.82 Å². The summed E-state index contributed by atoms with van der Waals surface area (Å²) in [6.45, 7) is 2.01. The number of rotatable bonds is 2. The van der Waals surface area contributed by atoms with Crippen LogP contribution in [0.3, 0.4) is 0 Å². The van der Waals surface area contributed by atoms with Crippen molar-refractivity contribution in [3.8, 4) is 0 Å². The van der Waals surface area contributed by atoms with E-state index in [0.29, 0.717) is 5.92 Å². The largest absolute Gasteiger partial charge is 0.393 e. The van der Waals surface area contributed by atoms with E-state index >= 15 is 0 Å². The fourth-order valence-corrected chi connectivity index (χ4v) is 2.40. The Kier molecular flexibility index (Phi) is 3.06. The fraction of sp³-hybridized carbons (Fsp3) is 0.538. The van der Waals surface area contributed by atoms with Crippen LogP contribution in [-0.4, -0.2) is 11.2 Å². The predicted molar refractivity (Wildman–Crippen MR) is 58.2 cm³/mol. The van der Waals surface area contributed by atoms with Crippen LogP contribution in [0.2, 0.25) is 0 Å². The van der Waals surface area contributed by atoms with Gasteiger partial charge in [0.05, 0.1) is 6.10 Å². The highest BCUT2D eigenvalue weighted by atomic mass is 19.1. The maximum atomic E-state index is 13.0. The molecule has 0 heterocycles. The van der Waals surface area contributed by atoms with Crippen molar-refractivity contribution in [3.05, 3.63) is 35.1 Å². The van der Waals surface area contributed by atoms with E-state index in [1.165, 1.54) is 6.07 Å². The van der Waals surface area contributed by atoms with Crippen LogP contribution in [-0.2, 0) is 6.42 Å². The zero-order valence-electron chi connectivity index (χ0n) is 9.04. The Balaban J connectivity index is 2.07. The van der Waals surface area contributed by atoms with Crippen LogP contribution in [0.25, 0.3) is 0 Å². The van der Waals surface area contributed by atoms with Gasteiger partial charge in [0.2, 0.25) is 0 Å². The van der Waals surface area contributed by atoms with Gasteiger partial charge in [-0.3, -0.25) is 0 Å². The Hall–Kier alpha value is -0.890. The molecule has 2 heteroatoms. The number of aliphatic hydroxyl groups excluding tert-OH is 1. The van der Waals surface area contributed by atoms with Gasteiger partial charge in [0.15, 0.2) is 0 Å². The number of benzene rings is 1. The lowest BCUT2D eigenvalue weighted by molar-refractivity contribution is 0.177. The van der Waals surface area contributed by atoms with E-state index in [2.05, 4.69) is 0 Å². The van der Waals surface area contributed by atoms with Crippen molar-refractivity contribution in [2.24, 2.45) is 5.92 Å². The van der Waals surface area contributed by atoms with E-state index < -0.39 is 0 Å². The molecule has 2 rings (SSSR count). The minimum atomic E-state index is -0.158. The highest BCUT2D eigenvalue weighted by Crippen LogP contribution is 2.29. The monoisotopic (exact) mass is 208 g/mol. The molecule has 0 aliphatic heterocycles. The molecule has 1 aliphatic carbocycles. The van der Waals surface area contributed by atoms with Gasteiger partial charge in [-0.2, -0.15) is 0 Å².